The summed E-state index contributed by atoms with van der Waals surface area (Å²) in [5.74, 6) is 0. The monoisotopic (exact) mass is 337 g/mol. The topological polar surface area (TPSA) is 62.3 Å². The molecule has 0 spiro atoms. The Morgan fingerprint density at radius 1 is 1.32 bits per heavy atom. The van der Waals surface area contributed by atoms with Crippen LogP contribution in [0.2, 0.25) is 0 Å². The van der Waals surface area contributed by atoms with Gasteiger partial charge in [0.05, 0.1) is 16.4 Å². The van der Waals surface area contributed by atoms with E-state index in [2.05, 4.69) is 10.3 Å². The highest BCUT2D eigenvalue weighted by Crippen LogP contribution is 2.30. The Morgan fingerprint density at radius 3 is 2.55 bits per heavy atom. The van der Waals surface area contributed by atoms with Gasteiger partial charge in [0.1, 0.15) is 0 Å². The van der Waals surface area contributed by atoms with Gasteiger partial charge in [-0.05, 0) is 44.0 Å². The molecule has 0 atom stereocenters. The molecule has 5 nitrogen and oxygen atoms in total. The lowest BCUT2D eigenvalue weighted by molar-refractivity contribution is 0.464. The Hall–Kier alpha value is -1.44. The maximum absolute atomic E-state index is 12.4. The molecule has 22 heavy (non-hydrogen) atoms. The molecule has 7 heteroatoms. The number of rotatable bonds is 6. The van der Waals surface area contributed by atoms with Crippen LogP contribution in [-0.2, 0) is 16.6 Å². The molecule has 0 radical (unpaired) electrons. The van der Waals surface area contributed by atoms with Crippen molar-refractivity contribution in [1.82, 2.24) is 9.29 Å². The molecular formula is C15H19N3O2S2. The SMILES string of the molecule is Cc1ncc(CNc2ccc(S(=O)(=O)N(C)C3CC3)cc2)s1. The first-order chi connectivity index (χ1) is 10.5. The molecule has 1 aliphatic rings. The van der Waals surface area contributed by atoms with E-state index >= 15 is 0 Å². The van der Waals surface area contributed by atoms with Gasteiger partial charge in [0, 0.05) is 29.9 Å². The summed E-state index contributed by atoms with van der Waals surface area (Å²) in [6.07, 6.45) is 3.78. The van der Waals surface area contributed by atoms with Gasteiger partial charge in [-0.3, -0.25) is 0 Å². The highest BCUT2D eigenvalue weighted by atomic mass is 32.2. The van der Waals surface area contributed by atoms with Crippen LogP contribution in [0.3, 0.4) is 0 Å². The van der Waals surface area contributed by atoms with Gasteiger partial charge in [-0.1, -0.05) is 0 Å². The van der Waals surface area contributed by atoms with E-state index in [0.29, 0.717) is 11.4 Å². The smallest absolute Gasteiger partial charge is 0.243 e. The van der Waals surface area contributed by atoms with E-state index in [1.807, 2.05) is 25.3 Å². The maximum atomic E-state index is 12.4. The van der Waals surface area contributed by atoms with E-state index in [9.17, 15) is 8.42 Å². The van der Waals surface area contributed by atoms with E-state index in [0.717, 1.165) is 28.4 Å². The van der Waals surface area contributed by atoms with Crippen LogP contribution in [0.4, 0.5) is 5.69 Å². The average molecular weight is 337 g/mol. The summed E-state index contributed by atoms with van der Waals surface area (Å²) in [6.45, 7) is 2.67. The van der Waals surface area contributed by atoms with Gasteiger partial charge < -0.3 is 5.32 Å². The summed E-state index contributed by atoms with van der Waals surface area (Å²) in [4.78, 5) is 5.71. The van der Waals surface area contributed by atoms with Gasteiger partial charge in [-0.15, -0.1) is 11.3 Å². The van der Waals surface area contributed by atoms with E-state index in [4.69, 9.17) is 0 Å². The summed E-state index contributed by atoms with van der Waals surface area (Å²) in [6, 6.07) is 7.11. The van der Waals surface area contributed by atoms with Gasteiger partial charge in [0.15, 0.2) is 0 Å². The predicted octanol–water partition coefficient (Wildman–Crippen LogP) is 2.85. The molecule has 0 aliphatic heterocycles. The van der Waals surface area contributed by atoms with E-state index in [1.165, 1.54) is 4.31 Å². The fourth-order valence-electron chi connectivity index (χ4n) is 2.22. The van der Waals surface area contributed by atoms with Crippen LogP contribution < -0.4 is 5.32 Å². The number of nitrogens with zero attached hydrogens (tertiary/aromatic N) is 2. The Kier molecular flexibility index (Phi) is 4.20. The zero-order chi connectivity index (χ0) is 15.7. The Morgan fingerprint density at radius 2 is 2.00 bits per heavy atom. The van der Waals surface area contributed by atoms with E-state index in [-0.39, 0.29) is 6.04 Å². The number of aryl methyl sites for hydroxylation is 1. The van der Waals surface area contributed by atoms with E-state index in [1.54, 1.807) is 30.5 Å². The summed E-state index contributed by atoms with van der Waals surface area (Å²) in [5.41, 5.74) is 0.902. The van der Waals surface area contributed by atoms with Crippen molar-refractivity contribution in [3.05, 3.63) is 40.3 Å². The number of anilines is 1. The molecule has 2 aromatic rings. The minimum Gasteiger partial charge on any atom is -0.380 e. The Balaban J connectivity index is 1.67. The van der Waals surface area contributed by atoms with Gasteiger partial charge >= 0.3 is 0 Å². The van der Waals surface area contributed by atoms with Gasteiger partial charge in [-0.25, -0.2) is 13.4 Å². The van der Waals surface area contributed by atoms with Crippen LogP contribution >= 0.6 is 11.3 Å². The summed E-state index contributed by atoms with van der Waals surface area (Å²) in [5, 5.41) is 4.32. The van der Waals surface area contributed by atoms with Crippen molar-refractivity contribution in [1.29, 1.82) is 0 Å². The zero-order valence-electron chi connectivity index (χ0n) is 12.6. The van der Waals surface area contributed by atoms with E-state index < -0.39 is 10.0 Å². The third kappa shape index (κ3) is 3.31. The largest absolute Gasteiger partial charge is 0.380 e. The minimum atomic E-state index is -3.36. The standard InChI is InChI=1S/C15H19N3O2S2/c1-11-16-9-14(21-11)10-17-12-3-7-15(8-4-12)22(19,20)18(2)13-5-6-13/h3-4,7-9,13,17H,5-6,10H2,1-2H3. The first kappa shape index (κ1) is 15.5. The Labute approximate surface area is 135 Å². The zero-order valence-corrected chi connectivity index (χ0v) is 14.2. The predicted molar refractivity (Wildman–Crippen MR) is 88.6 cm³/mol. The molecule has 1 N–H and O–H groups in total. The van der Waals surface area contributed by atoms with Gasteiger partial charge in [-0.2, -0.15) is 4.31 Å². The third-order valence-corrected chi connectivity index (χ3v) is 6.57. The highest BCUT2D eigenvalue weighted by molar-refractivity contribution is 7.89. The minimum absolute atomic E-state index is 0.178. The molecule has 3 rings (SSSR count). The van der Waals surface area contributed by atoms with Crippen LogP contribution in [0.1, 0.15) is 22.7 Å². The van der Waals surface area contributed by atoms with Crippen molar-refractivity contribution in [2.24, 2.45) is 0 Å². The second-order valence-corrected chi connectivity index (χ2v) is 8.79. The quantitative estimate of drug-likeness (QED) is 0.880. The molecule has 0 bridgehead atoms. The number of sulfonamides is 1. The van der Waals surface area contributed by atoms with Crippen LogP contribution in [0.15, 0.2) is 35.4 Å². The number of benzene rings is 1. The fraction of sp³-hybridized carbons (Fsp3) is 0.400. The number of hydrogen-bond donors (Lipinski definition) is 1. The summed E-state index contributed by atoms with van der Waals surface area (Å²) < 4.78 is 26.3. The molecule has 1 aromatic heterocycles. The van der Waals surface area contributed by atoms with Crippen molar-refractivity contribution < 1.29 is 8.42 Å². The van der Waals surface area contributed by atoms with Crippen molar-refractivity contribution in [3.63, 3.8) is 0 Å². The summed E-state index contributed by atoms with van der Waals surface area (Å²) in [7, 11) is -1.70. The lowest BCUT2D eigenvalue weighted by Gasteiger charge is -2.16. The first-order valence-electron chi connectivity index (χ1n) is 7.20. The number of nitrogens with one attached hydrogen (secondary N) is 1. The Bertz CT molecular complexity index is 749. The summed E-state index contributed by atoms with van der Waals surface area (Å²) >= 11 is 1.65. The normalized spacial score (nSPS) is 15.2. The maximum Gasteiger partial charge on any atom is 0.243 e. The van der Waals surface area contributed by atoms with Gasteiger partial charge in [0.2, 0.25) is 10.0 Å². The first-order valence-corrected chi connectivity index (χ1v) is 9.46. The average Bonchev–Trinajstić information content (AvgIpc) is 3.27. The van der Waals surface area contributed by atoms with Crippen molar-refractivity contribution in [2.45, 2.75) is 37.2 Å². The molecule has 0 amide bonds. The molecule has 0 saturated heterocycles. The number of thiazole rings is 1. The third-order valence-electron chi connectivity index (χ3n) is 3.73. The van der Waals surface area contributed by atoms with Crippen LogP contribution in [0.5, 0.6) is 0 Å². The molecule has 1 aromatic carbocycles. The second-order valence-electron chi connectivity index (χ2n) is 5.48. The number of aromatic nitrogens is 1. The van der Waals surface area contributed by atoms with Crippen molar-refractivity contribution in [3.8, 4) is 0 Å². The van der Waals surface area contributed by atoms with Crippen LogP contribution in [0, 0.1) is 6.92 Å². The molecular weight excluding hydrogens is 318 g/mol. The molecule has 1 heterocycles. The molecule has 0 unspecified atom stereocenters. The van der Waals surface area contributed by atoms with Crippen LogP contribution in [-0.4, -0.2) is 30.8 Å². The van der Waals surface area contributed by atoms with Crippen LogP contribution in [0.25, 0.3) is 0 Å². The van der Waals surface area contributed by atoms with Crippen molar-refractivity contribution >= 4 is 27.0 Å². The molecule has 1 fully saturated rings. The van der Waals surface area contributed by atoms with Gasteiger partial charge in [0.25, 0.3) is 0 Å². The second kappa shape index (κ2) is 5.98. The lowest BCUT2D eigenvalue weighted by atomic mass is 10.3. The van der Waals surface area contributed by atoms with Crippen molar-refractivity contribution in [2.75, 3.05) is 12.4 Å². The number of hydrogen-bond acceptors (Lipinski definition) is 5. The fourth-order valence-corrected chi connectivity index (χ4v) is 4.37. The highest BCUT2D eigenvalue weighted by Gasteiger charge is 2.34. The lowest BCUT2D eigenvalue weighted by Crippen LogP contribution is -2.28. The molecule has 118 valence electrons. The molecule has 1 saturated carbocycles. The molecule has 1 aliphatic carbocycles.